The van der Waals surface area contributed by atoms with Crippen LogP contribution in [0.1, 0.15) is 11.1 Å². The Kier molecular flexibility index (Phi) is 8.73. The second kappa shape index (κ2) is 14.2. The molecule has 0 heterocycles. The first-order valence-corrected chi connectivity index (χ1v) is 17.0. The highest BCUT2D eigenvalue weighted by molar-refractivity contribution is 5.90. The summed E-state index contributed by atoms with van der Waals surface area (Å²) in [5, 5.41) is 2.45. The molecule has 0 aliphatic rings. The number of hydrogen-bond acceptors (Lipinski definition) is 2. The Bertz CT molecular complexity index is 2250. The van der Waals surface area contributed by atoms with E-state index in [9.17, 15) is 0 Å². The Balaban J connectivity index is 0.999. The van der Waals surface area contributed by atoms with E-state index in [4.69, 9.17) is 0 Å². The zero-order valence-corrected chi connectivity index (χ0v) is 27.7. The molecule has 0 N–H and O–H groups in total. The largest absolute Gasteiger partial charge is 0.311 e. The minimum atomic E-state index is 1.13. The predicted molar refractivity (Wildman–Crippen MR) is 214 cm³/mol. The van der Waals surface area contributed by atoms with Crippen molar-refractivity contribution in [3.05, 3.63) is 217 Å². The molecule has 0 spiro atoms. The van der Waals surface area contributed by atoms with Crippen molar-refractivity contribution in [1.82, 2.24) is 0 Å². The Morgan fingerprint density at radius 2 is 0.600 bits per heavy atom. The second-order valence-electron chi connectivity index (χ2n) is 12.3. The van der Waals surface area contributed by atoms with E-state index in [1.807, 2.05) is 0 Å². The molecule has 2 nitrogen and oxygen atoms in total. The van der Waals surface area contributed by atoms with Crippen molar-refractivity contribution in [2.75, 3.05) is 9.80 Å². The second-order valence-corrected chi connectivity index (χ2v) is 12.3. The van der Waals surface area contributed by atoms with Crippen LogP contribution in [-0.2, 0) is 0 Å². The van der Waals surface area contributed by atoms with Gasteiger partial charge in [0.15, 0.2) is 0 Å². The van der Waals surface area contributed by atoms with Gasteiger partial charge in [0.05, 0.1) is 0 Å². The Hall–Kier alpha value is -6.64. The fraction of sp³-hybridized carbons (Fsp3) is 0. The third-order valence-electron chi connectivity index (χ3n) is 9.00. The zero-order chi connectivity index (χ0) is 33.5. The van der Waals surface area contributed by atoms with Gasteiger partial charge >= 0.3 is 0 Å². The summed E-state index contributed by atoms with van der Waals surface area (Å²) in [4.78, 5) is 4.57. The molecule has 0 aliphatic heterocycles. The van der Waals surface area contributed by atoms with Crippen molar-refractivity contribution < 1.29 is 0 Å². The van der Waals surface area contributed by atoms with Crippen LogP contribution in [0.15, 0.2) is 206 Å². The molecule has 50 heavy (non-hydrogen) atoms. The smallest absolute Gasteiger partial charge is 0.0462 e. The summed E-state index contributed by atoms with van der Waals surface area (Å²) in [6.07, 6.45) is 4.38. The molecule has 238 valence electrons. The van der Waals surface area contributed by atoms with Gasteiger partial charge in [0.2, 0.25) is 0 Å². The first-order chi connectivity index (χ1) is 24.8. The lowest BCUT2D eigenvalue weighted by Crippen LogP contribution is -2.09. The van der Waals surface area contributed by atoms with Gasteiger partial charge in [0.1, 0.15) is 0 Å². The highest BCUT2D eigenvalue weighted by Gasteiger charge is 2.13. The standard InChI is InChI=1S/C48H36N2/c1-5-13-43(14-6-1)49(44-15-7-2-8-16-44)47-31-24-37(25-32-47)21-22-38-23-26-42-36-41(28-27-40(42)35-38)39-29-33-48(34-30-39)50(45-17-9-3-10-18-45)46-19-11-4-12-20-46/h1-36H. The molecule has 8 aromatic carbocycles. The van der Waals surface area contributed by atoms with E-state index in [1.54, 1.807) is 0 Å². The highest BCUT2D eigenvalue weighted by Crippen LogP contribution is 2.36. The van der Waals surface area contributed by atoms with Gasteiger partial charge in [-0.05, 0) is 118 Å². The van der Waals surface area contributed by atoms with E-state index < -0.39 is 0 Å². The Morgan fingerprint density at radius 1 is 0.260 bits per heavy atom. The third-order valence-corrected chi connectivity index (χ3v) is 9.00. The van der Waals surface area contributed by atoms with Crippen LogP contribution in [0, 0.1) is 0 Å². The summed E-state index contributed by atoms with van der Waals surface area (Å²) >= 11 is 0. The number of fused-ring (bicyclic) bond motifs is 1. The molecule has 0 saturated heterocycles. The number of rotatable bonds is 9. The normalized spacial score (nSPS) is 11.1. The molecule has 0 amide bonds. The lowest BCUT2D eigenvalue weighted by atomic mass is 9.99. The van der Waals surface area contributed by atoms with E-state index in [-0.39, 0.29) is 0 Å². The fourth-order valence-electron chi connectivity index (χ4n) is 6.48. The van der Waals surface area contributed by atoms with Crippen LogP contribution in [-0.4, -0.2) is 0 Å². The van der Waals surface area contributed by atoms with Crippen LogP contribution in [0.25, 0.3) is 34.1 Å². The first-order valence-electron chi connectivity index (χ1n) is 17.0. The molecular weight excluding hydrogens is 605 g/mol. The molecule has 2 heteroatoms. The van der Waals surface area contributed by atoms with Crippen molar-refractivity contribution in [3.8, 4) is 11.1 Å². The molecule has 0 unspecified atom stereocenters. The third kappa shape index (κ3) is 6.69. The van der Waals surface area contributed by atoms with Crippen molar-refractivity contribution >= 4 is 57.0 Å². The van der Waals surface area contributed by atoms with Crippen LogP contribution < -0.4 is 9.80 Å². The molecule has 0 fully saturated rings. The van der Waals surface area contributed by atoms with Crippen LogP contribution in [0.4, 0.5) is 34.1 Å². The number of benzene rings is 8. The van der Waals surface area contributed by atoms with Gasteiger partial charge < -0.3 is 9.80 Å². The summed E-state index contributed by atoms with van der Waals surface area (Å²) in [6, 6.07) is 73.1. The van der Waals surface area contributed by atoms with Crippen LogP contribution in [0.5, 0.6) is 0 Å². The van der Waals surface area contributed by atoms with Crippen LogP contribution in [0.2, 0.25) is 0 Å². The minimum absolute atomic E-state index is 1.13. The molecule has 0 saturated carbocycles. The first kappa shape index (κ1) is 30.7. The van der Waals surface area contributed by atoms with Crippen LogP contribution in [0.3, 0.4) is 0 Å². The van der Waals surface area contributed by atoms with Gasteiger partial charge in [-0.25, -0.2) is 0 Å². The van der Waals surface area contributed by atoms with E-state index in [0.29, 0.717) is 0 Å². The van der Waals surface area contributed by atoms with Crippen molar-refractivity contribution in [2.45, 2.75) is 0 Å². The predicted octanol–water partition coefficient (Wildman–Crippen LogP) is 13.6. The maximum Gasteiger partial charge on any atom is 0.0462 e. The maximum atomic E-state index is 2.29. The number of hydrogen-bond donors (Lipinski definition) is 0. The van der Waals surface area contributed by atoms with Gasteiger partial charge in [0, 0.05) is 34.1 Å². The summed E-state index contributed by atoms with van der Waals surface area (Å²) in [5.74, 6) is 0. The van der Waals surface area contributed by atoms with Gasteiger partial charge in [-0.1, -0.05) is 133 Å². The summed E-state index contributed by atoms with van der Waals surface area (Å²) < 4.78 is 0. The monoisotopic (exact) mass is 640 g/mol. The van der Waals surface area contributed by atoms with E-state index in [1.165, 1.54) is 27.5 Å². The Morgan fingerprint density at radius 3 is 1.08 bits per heavy atom. The maximum absolute atomic E-state index is 2.29. The fourth-order valence-corrected chi connectivity index (χ4v) is 6.48. The summed E-state index contributed by atoms with van der Waals surface area (Å²) in [5.41, 5.74) is 11.5. The average Bonchev–Trinajstić information content (AvgIpc) is 3.19. The average molecular weight is 641 g/mol. The molecule has 0 atom stereocenters. The SMILES string of the molecule is C(=Cc1ccc2cc(-c3ccc(N(c4ccccc4)c4ccccc4)cc3)ccc2c1)c1ccc(N(c2ccccc2)c2ccccc2)cc1. The number of anilines is 6. The molecule has 8 rings (SSSR count). The molecule has 0 aromatic heterocycles. The van der Waals surface area contributed by atoms with Crippen molar-refractivity contribution in [2.24, 2.45) is 0 Å². The molecule has 0 radical (unpaired) electrons. The highest BCUT2D eigenvalue weighted by atomic mass is 15.1. The Labute approximate surface area is 294 Å². The lowest BCUT2D eigenvalue weighted by Gasteiger charge is -2.25. The number of nitrogens with zero attached hydrogens (tertiary/aromatic N) is 2. The molecule has 8 aromatic rings. The van der Waals surface area contributed by atoms with Crippen LogP contribution >= 0.6 is 0 Å². The lowest BCUT2D eigenvalue weighted by molar-refractivity contribution is 1.28. The van der Waals surface area contributed by atoms with E-state index in [0.717, 1.165) is 39.7 Å². The molecule has 0 aliphatic carbocycles. The topological polar surface area (TPSA) is 6.48 Å². The van der Waals surface area contributed by atoms with Gasteiger partial charge in [0.25, 0.3) is 0 Å². The van der Waals surface area contributed by atoms with Gasteiger partial charge in [-0.2, -0.15) is 0 Å². The van der Waals surface area contributed by atoms with E-state index >= 15 is 0 Å². The summed E-state index contributed by atoms with van der Waals surface area (Å²) in [6.45, 7) is 0. The van der Waals surface area contributed by atoms with Gasteiger partial charge in [-0.15, -0.1) is 0 Å². The molecule has 0 bridgehead atoms. The quantitative estimate of drug-likeness (QED) is 0.145. The van der Waals surface area contributed by atoms with Gasteiger partial charge in [-0.3, -0.25) is 0 Å². The molecular formula is C48H36N2. The number of para-hydroxylation sites is 4. The van der Waals surface area contributed by atoms with E-state index in [2.05, 4.69) is 228 Å². The zero-order valence-electron chi connectivity index (χ0n) is 27.7. The van der Waals surface area contributed by atoms with Crippen molar-refractivity contribution in [1.29, 1.82) is 0 Å². The van der Waals surface area contributed by atoms with Crippen molar-refractivity contribution in [3.63, 3.8) is 0 Å². The summed E-state index contributed by atoms with van der Waals surface area (Å²) in [7, 11) is 0. The minimum Gasteiger partial charge on any atom is -0.311 e.